The Morgan fingerprint density at radius 1 is 1.09 bits per heavy atom. The van der Waals surface area contributed by atoms with Crippen molar-refractivity contribution in [2.75, 3.05) is 12.5 Å². The number of aryl methyl sites for hydroxylation is 1. The molecule has 2 rings (SSSR count). The molecule has 0 saturated carbocycles. The van der Waals surface area contributed by atoms with Gasteiger partial charge in [0.1, 0.15) is 0 Å². The summed E-state index contributed by atoms with van der Waals surface area (Å²) in [5.41, 5.74) is 5.59. The molecule has 0 heterocycles. The van der Waals surface area contributed by atoms with Crippen LogP contribution in [0.15, 0.2) is 47.6 Å². The zero-order valence-electron chi connectivity index (χ0n) is 12.2. The number of hydrogen-bond donors (Lipinski definition) is 1. The number of anilines is 1. The molecular formula is C16H16F2N2O2. The molecule has 6 heteroatoms. The fourth-order valence-electron chi connectivity index (χ4n) is 1.77. The Balaban J connectivity index is 2.05. The minimum absolute atomic E-state index is 0.0128. The Hall–Kier alpha value is -2.63. The van der Waals surface area contributed by atoms with Gasteiger partial charge in [-0.25, -0.2) is 0 Å². The number of nitrogens with zero attached hydrogens (tertiary/aromatic N) is 1. The number of methoxy groups -OCH3 is 1. The van der Waals surface area contributed by atoms with Crippen molar-refractivity contribution in [3.63, 3.8) is 0 Å². The molecule has 0 bridgehead atoms. The van der Waals surface area contributed by atoms with Gasteiger partial charge in [0.05, 0.1) is 19.0 Å². The van der Waals surface area contributed by atoms with E-state index in [0.29, 0.717) is 5.56 Å². The van der Waals surface area contributed by atoms with E-state index in [1.165, 1.54) is 13.2 Å². The first-order valence-electron chi connectivity index (χ1n) is 6.57. The van der Waals surface area contributed by atoms with Crippen LogP contribution in [0, 0.1) is 6.92 Å². The van der Waals surface area contributed by atoms with Gasteiger partial charge in [-0.15, -0.1) is 0 Å². The van der Waals surface area contributed by atoms with E-state index in [0.717, 1.165) is 11.3 Å². The molecule has 0 fully saturated rings. The lowest BCUT2D eigenvalue weighted by Crippen LogP contribution is -2.03. The normalized spacial score (nSPS) is 11.0. The van der Waals surface area contributed by atoms with Crippen molar-refractivity contribution >= 4 is 11.9 Å². The molecule has 22 heavy (non-hydrogen) atoms. The van der Waals surface area contributed by atoms with Crippen LogP contribution in [0.3, 0.4) is 0 Å². The molecule has 2 aromatic rings. The maximum absolute atomic E-state index is 12.2. The number of benzene rings is 2. The fraction of sp³-hybridized carbons (Fsp3) is 0.188. The first-order valence-corrected chi connectivity index (χ1v) is 6.57. The number of rotatable bonds is 6. The summed E-state index contributed by atoms with van der Waals surface area (Å²) in [7, 11) is 1.39. The number of nitrogens with one attached hydrogen (secondary N) is 1. The second-order valence-corrected chi connectivity index (χ2v) is 4.52. The van der Waals surface area contributed by atoms with Crippen LogP contribution in [0.5, 0.6) is 11.5 Å². The lowest BCUT2D eigenvalue weighted by atomic mass is 10.2. The van der Waals surface area contributed by atoms with E-state index >= 15 is 0 Å². The lowest BCUT2D eigenvalue weighted by Gasteiger charge is -2.10. The molecule has 2 aromatic carbocycles. The maximum Gasteiger partial charge on any atom is 0.387 e. The van der Waals surface area contributed by atoms with E-state index in [1.54, 1.807) is 18.3 Å². The first-order chi connectivity index (χ1) is 10.6. The number of hydrazone groups is 1. The molecule has 0 spiro atoms. The van der Waals surface area contributed by atoms with Crippen LogP contribution in [0.1, 0.15) is 11.1 Å². The third-order valence-electron chi connectivity index (χ3n) is 2.86. The van der Waals surface area contributed by atoms with Crippen LogP contribution in [0.25, 0.3) is 0 Å². The number of hydrogen-bond acceptors (Lipinski definition) is 4. The van der Waals surface area contributed by atoms with Gasteiger partial charge in [-0.2, -0.15) is 13.9 Å². The van der Waals surface area contributed by atoms with Crippen LogP contribution >= 0.6 is 0 Å². The molecule has 0 aliphatic carbocycles. The topological polar surface area (TPSA) is 42.8 Å². The van der Waals surface area contributed by atoms with Crippen LogP contribution in [0.4, 0.5) is 14.5 Å². The summed E-state index contributed by atoms with van der Waals surface area (Å²) >= 11 is 0. The second-order valence-electron chi connectivity index (χ2n) is 4.52. The Bertz CT molecular complexity index is 643. The Morgan fingerprint density at radius 2 is 1.82 bits per heavy atom. The molecule has 0 aromatic heterocycles. The SMILES string of the molecule is COc1cc(/C=N\Nc2ccc(C)cc2)ccc1OC(F)F. The van der Waals surface area contributed by atoms with Gasteiger partial charge in [-0.3, -0.25) is 5.43 Å². The Kier molecular flexibility index (Phi) is 5.30. The fourth-order valence-corrected chi connectivity index (χ4v) is 1.77. The average molecular weight is 306 g/mol. The van der Waals surface area contributed by atoms with Crippen molar-refractivity contribution in [1.82, 2.24) is 0 Å². The minimum Gasteiger partial charge on any atom is -0.493 e. The summed E-state index contributed by atoms with van der Waals surface area (Å²) in [4.78, 5) is 0. The van der Waals surface area contributed by atoms with Crippen LogP contribution in [-0.4, -0.2) is 19.9 Å². The van der Waals surface area contributed by atoms with Crippen molar-refractivity contribution in [3.8, 4) is 11.5 Å². The lowest BCUT2D eigenvalue weighted by molar-refractivity contribution is -0.0512. The van der Waals surface area contributed by atoms with Gasteiger partial charge in [-0.1, -0.05) is 17.7 Å². The summed E-state index contributed by atoms with van der Waals surface area (Å²) in [5, 5.41) is 4.09. The highest BCUT2D eigenvalue weighted by molar-refractivity contribution is 5.81. The standard InChI is InChI=1S/C16H16F2N2O2/c1-11-3-6-13(7-4-11)20-19-10-12-5-8-14(22-16(17)18)15(9-12)21-2/h3-10,16,20H,1-2H3/b19-10-. The van der Waals surface area contributed by atoms with Gasteiger partial charge in [-0.05, 0) is 42.8 Å². The van der Waals surface area contributed by atoms with E-state index in [2.05, 4.69) is 15.3 Å². The van der Waals surface area contributed by atoms with E-state index in [1.807, 2.05) is 31.2 Å². The van der Waals surface area contributed by atoms with Crippen LogP contribution < -0.4 is 14.9 Å². The molecule has 0 saturated heterocycles. The highest BCUT2D eigenvalue weighted by atomic mass is 19.3. The molecule has 0 aliphatic heterocycles. The molecule has 116 valence electrons. The van der Waals surface area contributed by atoms with Gasteiger partial charge in [0.25, 0.3) is 0 Å². The van der Waals surface area contributed by atoms with Gasteiger partial charge in [0, 0.05) is 0 Å². The third-order valence-corrected chi connectivity index (χ3v) is 2.86. The molecule has 1 N–H and O–H groups in total. The zero-order valence-corrected chi connectivity index (χ0v) is 12.2. The molecule has 0 unspecified atom stereocenters. The highest BCUT2D eigenvalue weighted by Gasteiger charge is 2.10. The maximum atomic E-state index is 12.2. The monoisotopic (exact) mass is 306 g/mol. The summed E-state index contributed by atoms with van der Waals surface area (Å²) in [6.07, 6.45) is 1.56. The molecule has 0 atom stereocenters. The summed E-state index contributed by atoms with van der Waals surface area (Å²) in [5.74, 6) is 0.209. The number of ether oxygens (including phenoxy) is 2. The third kappa shape index (κ3) is 4.44. The largest absolute Gasteiger partial charge is 0.493 e. The van der Waals surface area contributed by atoms with Gasteiger partial charge in [0.15, 0.2) is 11.5 Å². The number of alkyl halides is 2. The first kappa shape index (κ1) is 15.8. The molecule has 0 aliphatic rings. The molecule has 0 radical (unpaired) electrons. The highest BCUT2D eigenvalue weighted by Crippen LogP contribution is 2.28. The summed E-state index contributed by atoms with van der Waals surface area (Å²) < 4.78 is 33.9. The van der Waals surface area contributed by atoms with Crippen molar-refractivity contribution in [2.24, 2.45) is 5.10 Å². The minimum atomic E-state index is -2.89. The second kappa shape index (κ2) is 7.40. The predicted molar refractivity (Wildman–Crippen MR) is 82.0 cm³/mol. The van der Waals surface area contributed by atoms with E-state index in [4.69, 9.17) is 4.74 Å². The van der Waals surface area contributed by atoms with Crippen molar-refractivity contribution < 1.29 is 18.3 Å². The van der Waals surface area contributed by atoms with Crippen LogP contribution in [-0.2, 0) is 0 Å². The van der Waals surface area contributed by atoms with E-state index < -0.39 is 6.61 Å². The Labute approximate surface area is 127 Å². The summed E-state index contributed by atoms with van der Waals surface area (Å²) in [6.45, 7) is -0.890. The van der Waals surface area contributed by atoms with Gasteiger partial charge in [0.2, 0.25) is 0 Å². The zero-order chi connectivity index (χ0) is 15.9. The van der Waals surface area contributed by atoms with Crippen LogP contribution in [0.2, 0.25) is 0 Å². The van der Waals surface area contributed by atoms with Crippen molar-refractivity contribution in [2.45, 2.75) is 13.5 Å². The van der Waals surface area contributed by atoms with E-state index in [-0.39, 0.29) is 11.5 Å². The Morgan fingerprint density at radius 3 is 2.45 bits per heavy atom. The number of halogens is 2. The van der Waals surface area contributed by atoms with Crippen molar-refractivity contribution in [1.29, 1.82) is 0 Å². The quantitative estimate of drug-likeness (QED) is 0.646. The van der Waals surface area contributed by atoms with E-state index in [9.17, 15) is 8.78 Å². The average Bonchev–Trinajstić information content (AvgIpc) is 2.50. The van der Waals surface area contributed by atoms with Gasteiger partial charge < -0.3 is 9.47 Å². The molecule has 4 nitrogen and oxygen atoms in total. The smallest absolute Gasteiger partial charge is 0.387 e. The summed E-state index contributed by atoms with van der Waals surface area (Å²) in [6, 6.07) is 12.4. The molecule has 0 amide bonds. The van der Waals surface area contributed by atoms with Crippen molar-refractivity contribution in [3.05, 3.63) is 53.6 Å². The molecular weight excluding hydrogens is 290 g/mol. The predicted octanol–water partition coefficient (Wildman–Crippen LogP) is 4.05. The van der Waals surface area contributed by atoms with Gasteiger partial charge >= 0.3 is 6.61 Å².